The Morgan fingerprint density at radius 1 is 0.848 bits per heavy atom. The molecule has 0 atom stereocenters. The van der Waals surface area contributed by atoms with Gasteiger partial charge in [-0.25, -0.2) is 17.9 Å². The Kier molecular flexibility index (Phi) is 7.63. The zero-order valence-electron chi connectivity index (χ0n) is 18.3. The summed E-state index contributed by atoms with van der Waals surface area (Å²) < 4.78 is 38.3. The highest BCUT2D eigenvalue weighted by Crippen LogP contribution is 2.29. The van der Waals surface area contributed by atoms with Gasteiger partial charge >= 0.3 is 6.03 Å². The second-order valence-electron chi connectivity index (χ2n) is 6.95. The zero-order chi connectivity index (χ0) is 24.0. The first-order chi connectivity index (χ1) is 15.7. The molecular formula is C24H23ClN2O5S. The Hall–Kier alpha value is -3.49. The van der Waals surface area contributed by atoms with E-state index in [9.17, 15) is 13.2 Å². The van der Waals surface area contributed by atoms with E-state index < -0.39 is 16.1 Å². The van der Waals surface area contributed by atoms with Crippen LogP contribution in [0.5, 0.6) is 11.5 Å². The average Bonchev–Trinajstić information content (AvgIpc) is 2.81. The monoisotopic (exact) mass is 486 g/mol. The molecule has 0 bridgehead atoms. The van der Waals surface area contributed by atoms with Gasteiger partial charge < -0.3 is 9.47 Å². The van der Waals surface area contributed by atoms with Gasteiger partial charge in [-0.15, -0.1) is 0 Å². The third-order valence-corrected chi connectivity index (χ3v) is 6.41. The van der Waals surface area contributed by atoms with E-state index >= 15 is 0 Å². The number of ether oxygens (including phenoxy) is 2. The molecule has 3 rings (SSSR count). The van der Waals surface area contributed by atoms with Crippen LogP contribution >= 0.6 is 11.6 Å². The minimum Gasteiger partial charge on any atom is -0.497 e. The number of rotatable bonds is 7. The van der Waals surface area contributed by atoms with E-state index in [0.29, 0.717) is 33.5 Å². The number of nitrogens with one attached hydrogen (secondary N) is 1. The van der Waals surface area contributed by atoms with E-state index in [1.807, 2.05) is 0 Å². The topological polar surface area (TPSA) is 84.9 Å². The van der Waals surface area contributed by atoms with Crippen molar-refractivity contribution >= 4 is 45.1 Å². The Morgan fingerprint density at radius 3 is 1.73 bits per heavy atom. The van der Waals surface area contributed by atoms with Crippen LogP contribution in [-0.2, 0) is 10.0 Å². The van der Waals surface area contributed by atoms with Crippen molar-refractivity contribution in [1.29, 1.82) is 0 Å². The minimum absolute atomic E-state index is 0.0254. The van der Waals surface area contributed by atoms with E-state index in [-0.39, 0.29) is 4.91 Å². The first-order valence-electron chi connectivity index (χ1n) is 9.82. The van der Waals surface area contributed by atoms with Crippen LogP contribution < -0.4 is 19.1 Å². The second kappa shape index (κ2) is 10.4. The number of halogens is 1. The quantitative estimate of drug-likeness (QED) is 0.470. The van der Waals surface area contributed by atoms with Gasteiger partial charge in [-0.05, 0) is 79.2 Å². The number of anilines is 2. The summed E-state index contributed by atoms with van der Waals surface area (Å²) in [6.07, 6.45) is 1.46. The third kappa shape index (κ3) is 6.06. The first-order valence-corrected chi connectivity index (χ1v) is 11.7. The summed E-state index contributed by atoms with van der Waals surface area (Å²) >= 11 is 5.88. The maximum absolute atomic E-state index is 13.2. The van der Waals surface area contributed by atoms with Crippen LogP contribution in [0.4, 0.5) is 16.2 Å². The van der Waals surface area contributed by atoms with Crippen molar-refractivity contribution < 1.29 is 22.7 Å². The smallest absolute Gasteiger partial charge is 0.340 e. The summed E-state index contributed by atoms with van der Waals surface area (Å²) in [5.41, 5.74) is 1.54. The highest BCUT2D eigenvalue weighted by molar-refractivity contribution is 7.94. The summed E-state index contributed by atoms with van der Waals surface area (Å²) in [4.78, 5) is 14.4. The zero-order valence-corrected chi connectivity index (χ0v) is 19.9. The lowest BCUT2D eigenvalue weighted by molar-refractivity contribution is 0.253. The molecule has 0 aliphatic carbocycles. The maximum atomic E-state index is 13.2. The molecule has 3 aromatic carbocycles. The molecule has 3 aromatic rings. The number of carbonyl (C=O) groups is 1. The molecule has 0 fully saturated rings. The summed E-state index contributed by atoms with van der Waals surface area (Å²) in [6.45, 7) is 1.41. The Balaban J connectivity index is 1.93. The second-order valence-corrected chi connectivity index (χ2v) is 9.24. The molecule has 0 heterocycles. The minimum atomic E-state index is -4.12. The summed E-state index contributed by atoms with van der Waals surface area (Å²) in [5, 5.41) is 0.538. The van der Waals surface area contributed by atoms with E-state index in [1.165, 1.54) is 32.1 Å². The number of methoxy groups -OCH3 is 2. The molecule has 0 spiro atoms. The maximum Gasteiger partial charge on any atom is 0.340 e. The van der Waals surface area contributed by atoms with Gasteiger partial charge in [0.2, 0.25) is 0 Å². The van der Waals surface area contributed by atoms with E-state index in [2.05, 4.69) is 4.72 Å². The fourth-order valence-electron chi connectivity index (χ4n) is 2.96. The molecular weight excluding hydrogens is 464 g/mol. The molecule has 2 amide bonds. The van der Waals surface area contributed by atoms with Crippen molar-refractivity contribution in [3.8, 4) is 11.5 Å². The van der Waals surface area contributed by atoms with Crippen molar-refractivity contribution in [2.75, 3.05) is 19.1 Å². The SMILES string of the molecule is COc1ccc(N(C(=O)NS(=O)(=O)/C(C)=C/c2ccc(Cl)cc2)c2ccc(OC)cc2)cc1. The molecule has 0 aliphatic heterocycles. The van der Waals surface area contributed by atoms with Crippen molar-refractivity contribution in [2.24, 2.45) is 0 Å². The standard InChI is InChI=1S/C24H23ClN2O5S/c1-17(16-18-4-6-19(25)7-5-18)33(29,30)26-24(28)27(20-8-12-22(31-2)13-9-20)21-10-14-23(32-3)15-11-21/h4-16H,1-3H3,(H,26,28)/b17-16+. The average molecular weight is 487 g/mol. The molecule has 0 saturated heterocycles. The van der Waals surface area contributed by atoms with E-state index in [4.69, 9.17) is 21.1 Å². The number of hydrogen-bond acceptors (Lipinski definition) is 5. The lowest BCUT2D eigenvalue weighted by atomic mass is 10.2. The van der Waals surface area contributed by atoms with E-state index in [0.717, 1.165) is 0 Å². The Labute approximate surface area is 198 Å². The van der Waals surface area contributed by atoms with Crippen LogP contribution in [0.3, 0.4) is 0 Å². The van der Waals surface area contributed by atoms with Gasteiger partial charge in [0.25, 0.3) is 10.0 Å². The molecule has 0 aromatic heterocycles. The molecule has 7 nitrogen and oxygen atoms in total. The van der Waals surface area contributed by atoms with Gasteiger partial charge in [0.05, 0.1) is 30.5 Å². The largest absolute Gasteiger partial charge is 0.497 e. The predicted octanol–water partition coefficient (Wildman–Crippen LogP) is 5.60. The van der Waals surface area contributed by atoms with Crippen LogP contribution in [0.1, 0.15) is 12.5 Å². The number of hydrogen-bond donors (Lipinski definition) is 1. The molecule has 0 radical (unpaired) electrons. The van der Waals surface area contributed by atoms with Crippen LogP contribution in [0.25, 0.3) is 6.08 Å². The summed E-state index contributed by atoms with van der Waals surface area (Å²) in [5.74, 6) is 1.20. The molecule has 172 valence electrons. The molecule has 33 heavy (non-hydrogen) atoms. The molecule has 0 saturated carbocycles. The van der Waals surface area contributed by atoms with Crippen molar-refractivity contribution in [1.82, 2.24) is 4.72 Å². The van der Waals surface area contributed by atoms with Crippen molar-refractivity contribution in [2.45, 2.75) is 6.92 Å². The predicted molar refractivity (Wildman–Crippen MR) is 131 cm³/mol. The number of carbonyl (C=O) groups excluding carboxylic acids is 1. The van der Waals surface area contributed by atoms with E-state index in [1.54, 1.807) is 72.8 Å². The molecule has 0 unspecified atom stereocenters. The van der Waals surface area contributed by atoms with Crippen LogP contribution in [0, 0.1) is 0 Å². The lowest BCUT2D eigenvalue weighted by Crippen LogP contribution is -2.40. The Morgan fingerprint density at radius 2 is 1.30 bits per heavy atom. The fourth-order valence-corrected chi connectivity index (χ4v) is 3.86. The van der Waals surface area contributed by atoms with Crippen LogP contribution in [0.15, 0.2) is 77.7 Å². The van der Waals surface area contributed by atoms with Crippen LogP contribution in [-0.4, -0.2) is 28.7 Å². The number of nitrogens with zero attached hydrogens (tertiary/aromatic N) is 1. The van der Waals surface area contributed by atoms with Gasteiger partial charge in [0.15, 0.2) is 0 Å². The number of benzene rings is 3. The highest BCUT2D eigenvalue weighted by atomic mass is 35.5. The lowest BCUT2D eigenvalue weighted by Gasteiger charge is -2.24. The highest BCUT2D eigenvalue weighted by Gasteiger charge is 2.24. The van der Waals surface area contributed by atoms with Gasteiger partial charge in [0.1, 0.15) is 11.5 Å². The molecule has 0 aliphatic rings. The fraction of sp³-hybridized carbons (Fsp3) is 0.125. The third-order valence-electron chi connectivity index (χ3n) is 4.75. The van der Waals surface area contributed by atoms with Crippen molar-refractivity contribution in [3.05, 3.63) is 88.3 Å². The van der Waals surface area contributed by atoms with Crippen molar-refractivity contribution in [3.63, 3.8) is 0 Å². The van der Waals surface area contributed by atoms with Gasteiger partial charge in [-0.3, -0.25) is 4.90 Å². The molecule has 9 heteroatoms. The summed E-state index contributed by atoms with van der Waals surface area (Å²) in [7, 11) is -1.05. The Bertz CT molecular complexity index is 1190. The van der Waals surface area contributed by atoms with Crippen LogP contribution in [0.2, 0.25) is 5.02 Å². The summed E-state index contributed by atoms with van der Waals surface area (Å²) in [6, 6.07) is 19.2. The van der Waals surface area contributed by atoms with Gasteiger partial charge in [-0.2, -0.15) is 0 Å². The van der Waals surface area contributed by atoms with Gasteiger partial charge in [0, 0.05) is 5.02 Å². The molecule has 1 N–H and O–H groups in total. The number of sulfonamides is 1. The number of allylic oxidation sites excluding steroid dienone is 1. The van der Waals surface area contributed by atoms with Gasteiger partial charge in [-0.1, -0.05) is 23.7 Å². The number of amides is 2. The first kappa shape index (κ1) is 24.2. The number of urea groups is 1. The normalized spacial score (nSPS) is 11.6.